The Hall–Kier alpha value is -2.72. The average Bonchev–Trinajstić information content (AvgIpc) is 3.75. The Morgan fingerprint density at radius 3 is 2.28 bits per heavy atom. The van der Waals surface area contributed by atoms with Gasteiger partial charge in [-0.1, -0.05) is 19.9 Å². The van der Waals surface area contributed by atoms with E-state index >= 15 is 0 Å². The molecule has 3 amide bonds. The van der Waals surface area contributed by atoms with E-state index in [9.17, 15) is 58.6 Å². The van der Waals surface area contributed by atoms with Crippen LogP contribution >= 0.6 is 7.82 Å². The molecule has 1 aromatic rings. The van der Waals surface area contributed by atoms with Gasteiger partial charge in [-0.05, 0) is 104 Å². The zero-order valence-corrected chi connectivity index (χ0v) is 36.8. The first-order valence-corrected chi connectivity index (χ1v) is 22.9. The topological polar surface area (TPSA) is 143 Å². The zero-order valence-electron chi connectivity index (χ0n) is 35.9. The SMILES string of the molecule is COC[C@H]1O[C@@H](N2CC(C)C(=O)N(CCCCOc3ccc4c(c3)CCC3C4CCC4(C)C(OCCCOC(C(F)(F)F)(C(F)(F)F)C(F)(F)F)CCC34)C2=O)CC1OP(=O)(O)OC. The summed E-state index contributed by atoms with van der Waals surface area (Å²) in [6.07, 6.45) is -18.1. The Morgan fingerprint density at radius 1 is 0.922 bits per heavy atom. The fourth-order valence-electron chi connectivity index (χ4n) is 10.6. The predicted molar refractivity (Wildman–Crippen MR) is 207 cm³/mol. The molecule has 4 fully saturated rings. The molecule has 0 spiro atoms. The summed E-state index contributed by atoms with van der Waals surface area (Å²) in [5.41, 5.74) is -4.24. The molecule has 8 unspecified atom stereocenters. The van der Waals surface area contributed by atoms with E-state index in [0.717, 1.165) is 44.8 Å². The fraction of sp³-hybridized carbons (Fsp3) is 0.805. The Kier molecular flexibility index (Phi) is 15.4. The number of amides is 3. The van der Waals surface area contributed by atoms with Gasteiger partial charge in [-0.2, -0.15) is 39.5 Å². The van der Waals surface area contributed by atoms with Crippen molar-refractivity contribution < 1.29 is 91.3 Å². The van der Waals surface area contributed by atoms with Crippen LogP contribution in [0.4, 0.5) is 44.3 Å². The molecule has 5 aliphatic rings. The molecule has 1 aromatic carbocycles. The summed E-state index contributed by atoms with van der Waals surface area (Å²) in [6, 6.07) is 5.48. The smallest absolute Gasteiger partial charge is 0.472 e. The lowest BCUT2D eigenvalue weighted by Gasteiger charge is -2.50. The van der Waals surface area contributed by atoms with Gasteiger partial charge in [0.25, 0.3) is 0 Å². The number of halogens is 9. The maximum atomic E-state index is 13.6. The second kappa shape index (κ2) is 19.5. The standard InChI is InChI=1S/C41H56F9N2O11P/c1-24-22-52(34-21-31(32(62-34)23-57-3)63-64(55,56)58-4)36(54)51(35(24)53)16-5-6-17-59-26-9-11-27-25(20-26)8-10-29-28(27)14-15-37(2)30(29)12-13-33(37)60-18-7-19-61-38(39(42,43)44,40(45,46)47)41(48,49)50/h9,11,20,24,28-34H,5-8,10,12-19,21-23H2,1-4H3,(H,55,56)/t24?,28?,29?,30?,31?,32-,33?,34-,37?/m1/s1. The van der Waals surface area contributed by atoms with Crippen molar-refractivity contribution >= 4 is 19.8 Å². The van der Waals surface area contributed by atoms with Crippen molar-refractivity contribution in [1.82, 2.24) is 9.80 Å². The highest BCUT2D eigenvalue weighted by atomic mass is 31.2. The molecule has 2 saturated carbocycles. The molecular formula is C41H56F9N2O11P. The summed E-state index contributed by atoms with van der Waals surface area (Å²) < 4.78 is 168. The van der Waals surface area contributed by atoms with Crippen LogP contribution in [-0.4, -0.2) is 129 Å². The minimum atomic E-state index is -6.77. The number of aryl methyl sites for hydroxylation is 1. The first-order valence-electron chi connectivity index (χ1n) is 21.4. The van der Waals surface area contributed by atoms with Gasteiger partial charge in [-0.3, -0.25) is 23.6 Å². The molecule has 2 aliphatic heterocycles. The number of imide groups is 1. The van der Waals surface area contributed by atoms with Gasteiger partial charge in [0.2, 0.25) is 5.91 Å². The Balaban J connectivity index is 0.967. The second-order valence-corrected chi connectivity index (χ2v) is 19.1. The van der Waals surface area contributed by atoms with E-state index < -0.39 is 75.4 Å². The lowest BCUT2D eigenvalue weighted by atomic mass is 9.55. The largest absolute Gasteiger partial charge is 0.494 e. The van der Waals surface area contributed by atoms with Crippen LogP contribution in [0.3, 0.4) is 0 Å². The number of hydrogen-bond acceptors (Lipinski definition) is 10. The molecule has 0 radical (unpaired) electrons. The highest BCUT2D eigenvalue weighted by molar-refractivity contribution is 7.47. The maximum absolute atomic E-state index is 13.6. The summed E-state index contributed by atoms with van der Waals surface area (Å²) in [4.78, 5) is 39.2. The van der Waals surface area contributed by atoms with E-state index in [-0.39, 0.29) is 62.0 Å². The first-order chi connectivity index (χ1) is 29.9. The van der Waals surface area contributed by atoms with Gasteiger partial charge in [-0.25, -0.2) is 9.36 Å². The van der Waals surface area contributed by atoms with Gasteiger partial charge >= 0.3 is 38.0 Å². The highest BCUT2D eigenvalue weighted by Gasteiger charge is 2.85. The molecule has 23 heteroatoms. The number of benzene rings is 1. The number of phosphoric ester groups is 1. The van der Waals surface area contributed by atoms with E-state index in [1.807, 2.05) is 12.1 Å². The van der Waals surface area contributed by atoms with Crippen LogP contribution in [0.15, 0.2) is 18.2 Å². The van der Waals surface area contributed by atoms with Crippen LogP contribution in [0, 0.1) is 23.2 Å². The summed E-state index contributed by atoms with van der Waals surface area (Å²) in [7, 11) is -1.89. The molecule has 0 bridgehead atoms. The number of fused-ring (bicyclic) bond motifs is 5. The van der Waals surface area contributed by atoms with E-state index in [0.29, 0.717) is 37.5 Å². The molecular weight excluding hydrogens is 898 g/mol. The summed E-state index contributed by atoms with van der Waals surface area (Å²) in [6.45, 7) is 2.56. The van der Waals surface area contributed by atoms with Gasteiger partial charge in [0.1, 0.15) is 24.2 Å². The van der Waals surface area contributed by atoms with Gasteiger partial charge in [-0.15, -0.1) is 0 Å². The predicted octanol–water partition coefficient (Wildman–Crippen LogP) is 8.71. The number of carbonyl (C=O) groups is 2. The first kappa shape index (κ1) is 50.7. The van der Waals surface area contributed by atoms with E-state index in [4.69, 9.17) is 23.5 Å². The lowest BCUT2D eigenvalue weighted by Crippen LogP contribution is -2.67. The normalized spacial score (nSPS) is 31.2. The van der Waals surface area contributed by atoms with E-state index in [1.165, 1.54) is 22.5 Å². The molecule has 6 rings (SSSR count). The number of unbranched alkanes of at least 4 members (excludes halogenated alkanes) is 1. The van der Waals surface area contributed by atoms with E-state index in [2.05, 4.69) is 22.3 Å². The third-order valence-corrected chi connectivity index (χ3v) is 14.8. The number of carbonyl (C=O) groups excluding carboxylic acids is 2. The molecule has 13 nitrogen and oxygen atoms in total. The zero-order chi connectivity index (χ0) is 47.0. The summed E-state index contributed by atoms with van der Waals surface area (Å²) in [5.74, 6) is 0.627. The number of urea groups is 1. The molecule has 364 valence electrons. The van der Waals surface area contributed by atoms with Gasteiger partial charge in [0.15, 0.2) is 0 Å². The minimum absolute atomic E-state index is 0.0325. The third-order valence-electron chi connectivity index (χ3n) is 13.8. The van der Waals surface area contributed by atoms with Crippen molar-refractivity contribution in [2.24, 2.45) is 23.2 Å². The number of hydrogen-bond donors (Lipinski definition) is 1. The molecule has 2 heterocycles. The summed E-state index contributed by atoms with van der Waals surface area (Å²) in [5, 5.41) is 0. The summed E-state index contributed by atoms with van der Waals surface area (Å²) >= 11 is 0. The number of alkyl halides is 9. The molecule has 0 aromatic heterocycles. The number of phosphoric acid groups is 1. The van der Waals surface area contributed by atoms with Crippen molar-refractivity contribution in [3.05, 3.63) is 29.3 Å². The van der Waals surface area contributed by atoms with Crippen molar-refractivity contribution in [3.63, 3.8) is 0 Å². The number of ether oxygens (including phenoxy) is 5. The van der Waals surface area contributed by atoms with Crippen molar-refractivity contribution in [1.29, 1.82) is 0 Å². The maximum Gasteiger partial charge on any atom is 0.472 e. The van der Waals surface area contributed by atoms with Gasteiger partial charge in [0.05, 0.1) is 31.8 Å². The Labute approximate surface area is 365 Å². The van der Waals surface area contributed by atoms with Crippen LogP contribution in [-0.2, 0) is 43.8 Å². The lowest BCUT2D eigenvalue weighted by molar-refractivity contribution is -0.457. The van der Waals surface area contributed by atoms with Crippen molar-refractivity contribution in [2.45, 2.75) is 133 Å². The number of methoxy groups -OCH3 is 1. The molecule has 3 aliphatic carbocycles. The number of nitrogens with zero attached hydrogens (tertiary/aromatic N) is 2. The quantitative estimate of drug-likeness (QED) is 0.0858. The van der Waals surface area contributed by atoms with Gasteiger partial charge in [0, 0.05) is 40.3 Å². The van der Waals surface area contributed by atoms with Gasteiger partial charge < -0.3 is 28.6 Å². The van der Waals surface area contributed by atoms with Crippen LogP contribution < -0.4 is 4.74 Å². The molecule has 2 saturated heterocycles. The van der Waals surface area contributed by atoms with Crippen LogP contribution in [0.5, 0.6) is 5.75 Å². The van der Waals surface area contributed by atoms with Crippen LogP contribution in [0.25, 0.3) is 0 Å². The highest BCUT2D eigenvalue weighted by Crippen LogP contribution is 2.62. The average molecular weight is 955 g/mol. The fourth-order valence-corrected chi connectivity index (χ4v) is 11.3. The van der Waals surface area contributed by atoms with Crippen LogP contribution in [0.2, 0.25) is 0 Å². The molecule has 1 N–H and O–H groups in total. The van der Waals surface area contributed by atoms with Crippen LogP contribution in [0.1, 0.15) is 88.7 Å². The monoisotopic (exact) mass is 954 g/mol. The third kappa shape index (κ3) is 10.1. The van der Waals surface area contributed by atoms with E-state index in [1.54, 1.807) is 6.92 Å². The van der Waals surface area contributed by atoms with Crippen molar-refractivity contribution in [3.8, 4) is 5.75 Å². The second-order valence-electron chi connectivity index (χ2n) is 17.6. The minimum Gasteiger partial charge on any atom is -0.494 e. The van der Waals surface area contributed by atoms with Crippen molar-refractivity contribution in [2.75, 3.05) is 53.7 Å². The molecule has 64 heavy (non-hydrogen) atoms. The number of rotatable bonds is 18. The molecule has 10 atom stereocenters. The Morgan fingerprint density at radius 2 is 1.62 bits per heavy atom. The Bertz CT molecular complexity index is 1820.